The average molecular weight is 438 g/mol. The number of nitrogens with zero attached hydrogens (tertiary/aromatic N) is 4. The molecule has 0 radical (unpaired) electrons. The first kappa shape index (κ1) is 19.4. The number of hydrogen-bond donors (Lipinski definition) is 0. The smallest absolute Gasteiger partial charge is 0.247 e. The van der Waals surface area contributed by atoms with Crippen LogP contribution in [0.3, 0.4) is 0 Å². The Labute approximate surface area is 191 Å². The zero-order valence-electron chi connectivity index (χ0n) is 18.1. The lowest BCUT2D eigenvalue weighted by Gasteiger charge is -2.16. The molecule has 0 fully saturated rings. The predicted molar refractivity (Wildman–Crippen MR) is 123 cm³/mol. The number of benzene rings is 2. The molecule has 6 rings (SSSR count). The third kappa shape index (κ3) is 3.47. The second kappa shape index (κ2) is 7.70. The molecule has 2 aliphatic heterocycles. The minimum atomic E-state index is -0.0498. The van der Waals surface area contributed by atoms with Crippen LogP contribution in [-0.2, 0) is 17.9 Å². The van der Waals surface area contributed by atoms with Crippen LogP contribution in [0.4, 0.5) is 0 Å². The Morgan fingerprint density at radius 2 is 1.85 bits per heavy atom. The lowest BCUT2D eigenvalue weighted by Crippen LogP contribution is -2.24. The highest BCUT2D eigenvalue weighted by Crippen LogP contribution is 2.33. The highest BCUT2D eigenvalue weighted by molar-refractivity contribution is 5.92. The Kier molecular flexibility index (Phi) is 4.54. The fourth-order valence-electron chi connectivity index (χ4n) is 4.33. The highest BCUT2D eigenvalue weighted by Gasteiger charge is 2.30. The summed E-state index contributed by atoms with van der Waals surface area (Å²) in [5.41, 5.74) is 5.06. The molecule has 0 spiro atoms. The summed E-state index contributed by atoms with van der Waals surface area (Å²) in [7, 11) is 0. The Hall–Kier alpha value is -4.26. The monoisotopic (exact) mass is 438 g/mol. The van der Waals surface area contributed by atoms with E-state index in [2.05, 4.69) is 29.7 Å². The summed E-state index contributed by atoms with van der Waals surface area (Å²) in [5.74, 6) is 2.35. The van der Waals surface area contributed by atoms with Gasteiger partial charge in [0.15, 0.2) is 11.5 Å². The Bertz CT molecular complexity index is 1380. The Morgan fingerprint density at radius 1 is 1.00 bits per heavy atom. The molecule has 2 aromatic heterocycles. The summed E-state index contributed by atoms with van der Waals surface area (Å²) < 4.78 is 14.8. The van der Waals surface area contributed by atoms with Crippen LogP contribution in [0.2, 0.25) is 0 Å². The van der Waals surface area contributed by atoms with E-state index in [-0.39, 0.29) is 12.7 Å². The molecule has 0 N–H and O–H groups in total. The average Bonchev–Trinajstić information content (AvgIpc) is 3.60. The van der Waals surface area contributed by atoms with Gasteiger partial charge in [0.2, 0.25) is 12.7 Å². The third-order valence-electron chi connectivity index (χ3n) is 5.95. The molecule has 33 heavy (non-hydrogen) atoms. The van der Waals surface area contributed by atoms with Gasteiger partial charge >= 0.3 is 0 Å². The van der Waals surface area contributed by atoms with Crippen molar-refractivity contribution in [2.75, 3.05) is 6.79 Å². The standard InChI is InChI=1S/C26H22N4O3/c1-18-5-4-6-20(13-18)30-26(28-11-2-3-12-28)21-15-29(16-22(21)27-30)25(31)10-8-19-7-9-23-24(14-19)33-17-32-23/h2-14H,15-17H2,1H3. The van der Waals surface area contributed by atoms with Crippen molar-refractivity contribution in [3.63, 3.8) is 0 Å². The van der Waals surface area contributed by atoms with E-state index in [4.69, 9.17) is 14.6 Å². The number of fused-ring (bicyclic) bond motifs is 2. The molecule has 1 amide bonds. The van der Waals surface area contributed by atoms with Gasteiger partial charge in [0.05, 0.1) is 24.5 Å². The third-order valence-corrected chi connectivity index (χ3v) is 5.95. The number of carbonyl (C=O) groups excluding carboxylic acids is 1. The van der Waals surface area contributed by atoms with Crippen LogP contribution in [0, 0.1) is 6.92 Å². The fourth-order valence-corrected chi connectivity index (χ4v) is 4.33. The number of aromatic nitrogens is 3. The Morgan fingerprint density at radius 3 is 2.70 bits per heavy atom. The summed E-state index contributed by atoms with van der Waals surface area (Å²) >= 11 is 0. The van der Waals surface area contributed by atoms with Crippen LogP contribution >= 0.6 is 0 Å². The van der Waals surface area contributed by atoms with Crippen molar-refractivity contribution >= 4 is 12.0 Å². The van der Waals surface area contributed by atoms with Crippen molar-refractivity contribution in [1.82, 2.24) is 19.2 Å². The van der Waals surface area contributed by atoms with E-state index in [1.165, 1.54) is 5.56 Å². The molecule has 4 heterocycles. The molecule has 2 aromatic carbocycles. The van der Waals surface area contributed by atoms with Crippen molar-refractivity contribution in [1.29, 1.82) is 0 Å². The van der Waals surface area contributed by atoms with Crippen LogP contribution in [0.15, 0.2) is 73.1 Å². The molecule has 2 aliphatic rings. The van der Waals surface area contributed by atoms with E-state index in [1.807, 2.05) is 58.4 Å². The van der Waals surface area contributed by atoms with E-state index in [9.17, 15) is 4.79 Å². The first-order chi connectivity index (χ1) is 16.2. The van der Waals surface area contributed by atoms with Crippen molar-refractivity contribution < 1.29 is 14.3 Å². The van der Waals surface area contributed by atoms with Crippen LogP contribution in [0.1, 0.15) is 22.4 Å². The maximum Gasteiger partial charge on any atom is 0.247 e. The van der Waals surface area contributed by atoms with Gasteiger partial charge < -0.3 is 18.9 Å². The van der Waals surface area contributed by atoms with Crippen LogP contribution < -0.4 is 9.47 Å². The number of aryl methyl sites for hydroxylation is 1. The first-order valence-corrected chi connectivity index (χ1v) is 10.8. The molecule has 4 aromatic rings. The van der Waals surface area contributed by atoms with Gasteiger partial charge in [-0.05, 0) is 60.5 Å². The molecule has 0 bridgehead atoms. The molecule has 0 atom stereocenters. The van der Waals surface area contributed by atoms with Gasteiger partial charge in [0, 0.05) is 24.0 Å². The highest BCUT2D eigenvalue weighted by atomic mass is 16.7. The second-order valence-electron chi connectivity index (χ2n) is 8.23. The maximum atomic E-state index is 13.0. The summed E-state index contributed by atoms with van der Waals surface area (Å²) in [6, 6.07) is 17.9. The second-order valence-corrected chi connectivity index (χ2v) is 8.23. The van der Waals surface area contributed by atoms with Gasteiger partial charge in [-0.3, -0.25) is 4.79 Å². The number of carbonyl (C=O) groups is 1. The SMILES string of the molecule is Cc1cccc(-n2nc3c(c2-n2cccc2)CN(C(=O)C=Cc2ccc4c(c2)OCO4)C3)c1. The minimum Gasteiger partial charge on any atom is -0.454 e. The molecule has 0 unspecified atom stereocenters. The molecule has 0 saturated carbocycles. The Balaban J connectivity index is 1.27. The van der Waals surface area contributed by atoms with Gasteiger partial charge in [0.1, 0.15) is 5.82 Å². The van der Waals surface area contributed by atoms with E-state index >= 15 is 0 Å². The fraction of sp³-hybridized carbons (Fsp3) is 0.154. The zero-order valence-corrected chi connectivity index (χ0v) is 18.1. The molecule has 0 aliphatic carbocycles. The van der Waals surface area contributed by atoms with Crippen molar-refractivity contribution in [2.45, 2.75) is 20.0 Å². The van der Waals surface area contributed by atoms with Crippen LogP contribution in [0.25, 0.3) is 17.6 Å². The van der Waals surface area contributed by atoms with Crippen LogP contribution in [0.5, 0.6) is 11.5 Å². The van der Waals surface area contributed by atoms with E-state index in [0.29, 0.717) is 18.8 Å². The van der Waals surface area contributed by atoms with Gasteiger partial charge in [0.25, 0.3) is 0 Å². The molecule has 7 nitrogen and oxygen atoms in total. The number of rotatable bonds is 4. The predicted octanol–water partition coefficient (Wildman–Crippen LogP) is 4.26. The normalized spacial score (nSPS) is 14.3. The summed E-state index contributed by atoms with van der Waals surface area (Å²) in [6.45, 7) is 3.30. The van der Waals surface area contributed by atoms with E-state index < -0.39 is 0 Å². The molecule has 164 valence electrons. The molecule has 0 saturated heterocycles. The molecule has 7 heteroatoms. The van der Waals surface area contributed by atoms with Gasteiger partial charge in [-0.2, -0.15) is 5.10 Å². The zero-order chi connectivity index (χ0) is 22.4. The van der Waals surface area contributed by atoms with Crippen molar-refractivity contribution in [3.05, 3.63) is 95.5 Å². The number of ether oxygens (including phenoxy) is 2. The molecular weight excluding hydrogens is 416 g/mol. The number of hydrogen-bond acceptors (Lipinski definition) is 4. The van der Waals surface area contributed by atoms with Gasteiger partial charge in [-0.1, -0.05) is 18.2 Å². The lowest BCUT2D eigenvalue weighted by molar-refractivity contribution is -0.126. The topological polar surface area (TPSA) is 61.5 Å². The van der Waals surface area contributed by atoms with Crippen molar-refractivity contribution in [3.8, 4) is 23.0 Å². The molecular formula is C26H22N4O3. The van der Waals surface area contributed by atoms with Gasteiger partial charge in [-0.25, -0.2) is 4.68 Å². The van der Waals surface area contributed by atoms with E-state index in [1.54, 1.807) is 12.2 Å². The lowest BCUT2D eigenvalue weighted by atomic mass is 10.2. The maximum absolute atomic E-state index is 13.0. The largest absolute Gasteiger partial charge is 0.454 e. The van der Waals surface area contributed by atoms with Crippen LogP contribution in [-0.4, -0.2) is 31.9 Å². The summed E-state index contributed by atoms with van der Waals surface area (Å²) in [4.78, 5) is 14.8. The van der Waals surface area contributed by atoms with Crippen molar-refractivity contribution in [2.24, 2.45) is 0 Å². The van der Waals surface area contributed by atoms with Gasteiger partial charge in [-0.15, -0.1) is 0 Å². The number of amides is 1. The first-order valence-electron chi connectivity index (χ1n) is 10.8. The summed E-state index contributed by atoms with van der Waals surface area (Å²) in [6.07, 6.45) is 7.43. The summed E-state index contributed by atoms with van der Waals surface area (Å²) in [5, 5.41) is 4.90. The van der Waals surface area contributed by atoms with E-state index in [0.717, 1.165) is 34.1 Å². The quantitative estimate of drug-likeness (QED) is 0.447. The minimum absolute atomic E-state index is 0.0498.